The Morgan fingerprint density at radius 3 is 2.44 bits per heavy atom. The van der Waals surface area contributed by atoms with E-state index in [1.807, 2.05) is 12.1 Å². The summed E-state index contributed by atoms with van der Waals surface area (Å²) in [5, 5.41) is 0. The molecule has 0 spiro atoms. The van der Waals surface area contributed by atoms with Crippen molar-refractivity contribution in [3.63, 3.8) is 0 Å². The second kappa shape index (κ2) is 15.6. The van der Waals surface area contributed by atoms with Gasteiger partial charge in [0, 0.05) is 26.4 Å². The zero-order valence-electron chi connectivity index (χ0n) is 16.5. The Balaban J connectivity index is 0.00000119. The molecule has 0 aliphatic rings. The predicted octanol–water partition coefficient (Wildman–Crippen LogP) is 2.85. The van der Waals surface area contributed by atoms with Crippen molar-refractivity contribution < 1.29 is 28.5 Å². The van der Waals surface area contributed by atoms with Crippen molar-refractivity contribution >= 4 is 18.0 Å². The minimum absolute atomic E-state index is 0.00387. The van der Waals surface area contributed by atoms with Gasteiger partial charge in [0.2, 0.25) is 0 Å². The van der Waals surface area contributed by atoms with Gasteiger partial charge in [-0.2, -0.15) is 0 Å². The van der Waals surface area contributed by atoms with Crippen LogP contribution in [0.4, 0.5) is 0 Å². The van der Waals surface area contributed by atoms with Crippen LogP contribution in [0.1, 0.15) is 25.8 Å². The lowest BCUT2D eigenvalue weighted by Gasteiger charge is -2.11. The Labute approximate surface area is 161 Å². The summed E-state index contributed by atoms with van der Waals surface area (Å²) in [5.41, 5.74) is 0.826. The van der Waals surface area contributed by atoms with Crippen LogP contribution < -0.4 is 9.47 Å². The fourth-order valence-corrected chi connectivity index (χ4v) is 1.70. The number of allylic oxidation sites excluding steroid dienone is 1. The van der Waals surface area contributed by atoms with E-state index < -0.39 is 0 Å². The minimum atomic E-state index is -0.344. The smallest absolute Gasteiger partial charge is 0.327 e. The van der Waals surface area contributed by atoms with Crippen molar-refractivity contribution in [2.24, 2.45) is 4.99 Å². The molecule has 0 N–H and O–H groups in total. The van der Waals surface area contributed by atoms with E-state index in [1.165, 1.54) is 13.0 Å². The van der Waals surface area contributed by atoms with Crippen molar-refractivity contribution in [1.82, 2.24) is 0 Å². The van der Waals surface area contributed by atoms with Crippen molar-refractivity contribution in [2.45, 2.75) is 20.3 Å². The SMILES string of the molecule is C=CC(C)=O.CCOC(=O)CN=Cc1ccc(OC)c(OCCCOC)c1. The van der Waals surface area contributed by atoms with E-state index in [0.29, 0.717) is 31.3 Å². The number of benzene rings is 1. The third kappa shape index (κ3) is 12.3. The third-order valence-electron chi connectivity index (χ3n) is 2.99. The molecular formula is C20H29NO6. The third-order valence-corrected chi connectivity index (χ3v) is 2.99. The number of hydrogen-bond donors (Lipinski definition) is 0. The predicted molar refractivity (Wildman–Crippen MR) is 105 cm³/mol. The van der Waals surface area contributed by atoms with E-state index in [4.69, 9.17) is 18.9 Å². The molecule has 150 valence electrons. The van der Waals surface area contributed by atoms with Crippen molar-refractivity contribution in [2.75, 3.05) is 40.6 Å². The Hall–Kier alpha value is -2.67. The van der Waals surface area contributed by atoms with Gasteiger partial charge in [0.05, 0.1) is 20.3 Å². The number of ketones is 1. The molecule has 0 radical (unpaired) electrons. The number of methoxy groups -OCH3 is 2. The summed E-state index contributed by atoms with van der Waals surface area (Å²) in [6, 6.07) is 5.47. The van der Waals surface area contributed by atoms with Gasteiger partial charge >= 0.3 is 5.97 Å². The molecule has 0 saturated carbocycles. The summed E-state index contributed by atoms with van der Waals surface area (Å²) in [7, 11) is 3.24. The van der Waals surface area contributed by atoms with Crippen LogP contribution in [0.3, 0.4) is 0 Å². The molecule has 1 aromatic rings. The fourth-order valence-electron chi connectivity index (χ4n) is 1.70. The van der Waals surface area contributed by atoms with E-state index in [2.05, 4.69) is 11.6 Å². The summed E-state index contributed by atoms with van der Waals surface area (Å²) in [6.07, 6.45) is 3.68. The molecule has 0 unspecified atom stereocenters. The van der Waals surface area contributed by atoms with Gasteiger partial charge in [-0.15, -0.1) is 0 Å². The maximum atomic E-state index is 11.2. The van der Waals surface area contributed by atoms with Crippen molar-refractivity contribution in [3.8, 4) is 11.5 Å². The number of carbonyl (C=O) groups excluding carboxylic acids is 2. The lowest BCUT2D eigenvalue weighted by molar-refractivity contribution is -0.141. The summed E-state index contributed by atoms with van der Waals surface area (Å²) >= 11 is 0. The van der Waals surface area contributed by atoms with Gasteiger partial charge in [0.1, 0.15) is 6.54 Å². The summed E-state index contributed by atoms with van der Waals surface area (Å²) in [6.45, 7) is 7.98. The quantitative estimate of drug-likeness (QED) is 0.254. The van der Waals surface area contributed by atoms with E-state index in [1.54, 1.807) is 33.4 Å². The van der Waals surface area contributed by atoms with Crippen LogP contribution in [-0.2, 0) is 19.1 Å². The molecule has 0 amide bonds. The first kappa shape index (κ1) is 24.3. The minimum Gasteiger partial charge on any atom is -0.493 e. The molecule has 27 heavy (non-hydrogen) atoms. The second-order valence-electron chi connectivity index (χ2n) is 5.19. The molecule has 1 aromatic carbocycles. The van der Waals surface area contributed by atoms with Gasteiger partial charge in [0.25, 0.3) is 0 Å². The largest absolute Gasteiger partial charge is 0.493 e. The number of rotatable bonds is 11. The Morgan fingerprint density at radius 2 is 1.89 bits per heavy atom. The molecule has 0 aliphatic heterocycles. The summed E-state index contributed by atoms with van der Waals surface area (Å²) in [4.78, 5) is 25.0. The van der Waals surface area contributed by atoms with E-state index in [9.17, 15) is 9.59 Å². The van der Waals surface area contributed by atoms with Gasteiger partial charge < -0.3 is 18.9 Å². The highest BCUT2D eigenvalue weighted by atomic mass is 16.5. The highest BCUT2D eigenvalue weighted by molar-refractivity contribution is 5.86. The van der Waals surface area contributed by atoms with Crippen LogP contribution in [0.25, 0.3) is 0 Å². The van der Waals surface area contributed by atoms with Gasteiger partial charge in [-0.05, 0) is 43.7 Å². The molecule has 7 nitrogen and oxygen atoms in total. The monoisotopic (exact) mass is 379 g/mol. The first-order valence-electron chi connectivity index (χ1n) is 8.56. The first-order valence-corrected chi connectivity index (χ1v) is 8.56. The fraction of sp³-hybridized carbons (Fsp3) is 0.450. The molecule has 0 heterocycles. The Morgan fingerprint density at radius 1 is 1.19 bits per heavy atom. The van der Waals surface area contributed by atoms with Gasteiger partial charge in [-0.1, -0.05) is 6.58 Å². The second-order valence-corrected chi connectivity index (χ2v) is 5.19. The molecule has 0 bridgehead atoms. The topological polar surface area (TPSA) is 83.4 Å². The molecule has 1 rings (SSSR count). The van der Waals surface area contributed by atoms with Crippen molar-refractivity contribution in [1.29, 1.82) is 0 Å². The molecule has 0 atom stereocenters. The summed E-state index contributed by atoms with van der Waals surface area (Å²) in [5.74, 6) is 0.965. The summed E-state index contributed by atoms with van der Waals surface area (Å²) < 4.78 is 20.7. The van der Waals surface area contributed by atoms with E-state index >= 15 is 0 Å². The molecule has 7 heteroatoms. The molecule has 0 aliphatic carbocycles. The Kier molecular flexibility index (Phi) is 14.0. The van der Waals surface area contributed by atoms with Crippen molar-refractivity contribution in [3.05, 3.63) is 36.4 Å². The Bertz CT molecular complexity index is 612. The zero-order valence-corrected chi connectivity index (χ0v) is 16.5. The maximum absolute atomic E-state index is 11.2. The van der Waals surface area contributed by atoms with Gasteiger partial charge in [-0.25, -0.2) is 0 Å². The number of hydrogen-bond acceptors (Lipinski definition) is 7. The van der Waals surface area contributed by atoms with Crippen LogP contribution in [0, 0.1) is 0 Å². The number of aliphatic imine (C=N–C) groups is 1. The average molecular weight is 379 g/mol. The van der Waals surface area contributed by atoms with Crippen LogP contribution >= 0.6 is 0 Å². The lowest BCUT2D eigenvalue weighted by atomic mass is 10.2. The van der Waals surface area contributed by atoms with E-state index in [0.717, 1.165) is 12.0 Å². The number of ether oxygens (including phenoxy) is 4. The first-order chi connectivity index (χ1) is 13.0. The van der Waals surface area contributed by atoms with Crippen LogP contribution in [0.15, 0.2) is 35.8 Å². The standard InChI is InChI=1S/C16H23NO5.C4H6O/c1-4-21-16(18)12-17-11-13-6-7-14(20-3)15(10-13)22-9-5-8-19-2;1-3-4(2)5/h6-7,10-11H,4-5,8-9,12H2,1-3H3;3H,1H2,2H3. The van der Waals surface area contributed by atoms with Crippen LogP contribution in [0.5, 0.6) is 11.5 Å². The highest BCUT2D eigenvalue weighted by Crippen LogP contribution is 2.27. The number of nitrogens with zero attached hydrogens (tertiary/aromatic N) is 1. The van der Waals surface area contributed by atoms with Crippen LogP contribution in [-0.4, -0.2) is 58.6 Å². The normalized spacial score (nSPS) is 9.93. The molecule has 0 fully saturated rings. The molecular weight excluding hydrogens is 350 g/mol. The molecule has 0 saturated heterocycles. The zero-order chi connectivity index (χ0) is 20.5. The van der Waals surface area contributed by atoms with Gasteiger partial charge in [-0.3, -0.25) is 14.6 Å². The number of carbonyl (C=O) groups is 2. The lowest BCUT2D eigenvalue weighted by Crippen LogP contribution is -2.07. The highest BCUT2D eigenvalue weighted by Gasteiger charge is 2.05. The number of esters is 1. The van der Waals surface area contributed by atoms with Crippen LogP contribution in [0.2, 0.25) is 0 Å². The average Bonchev–Trinajstić information content (AvgIpc) is 2.66. The molecule has 0 aromatic heterocycles. The van der Waals surface area contributed by atoms with E-state index in [-0.39, 0.29) is 18.3 Å². The van der Waals surface area contributed by atoms with Gasteiger partial charge in [0.15, 0.2) is 17.3 Å². The maximum Gasteiger partial charge on any atom is 0.327 e.